The van der Waals surface area contributed by atoms with Crippen molar-refractivity contribution in [2.75, 3.05) is 25.9 Å². The van der Waals surface area contributed by atoms with Crippen LogP contribution in [0.3, 0.4) is 0 Å². The molecule has 4 heteroatoms. The second kappa shape index (κ2) is 3.70. The van der Waals surface area contributed by atoms with Crippen LogP contribution in [-0.4, -0.2) is 44.0 Å². The number of piperidine rings is 1. The first kappa shape index (κ1) is 12.4. The van der Waals surface area contributed by atoms with E-state index in [1.807, 2.05) is 0 Å². The van der Waals surface area contributed by atoms with E-state index in [0.717, 1.165) is 32.5 Å². The van der Waals surface area contributed by atoms with Crippen molar-refractivity contribution < 1.29 is 8.42 Å². The molecule has 0 amide bonds. The molecular formula is C12H23NO2S. The van der Waals surface area contributed by atoms with Gasteiger partial charge in [-0.05, 0) is 44.2 Å². The lowest BCUT2D eigenvalue weighted by Gasteiger charge is -2.38. The third-order valence-corrected chi connectivity index (χ3v) is 6.43. The molecule has 16 heavy (non-hydrogen) atoms. The molecular weight excluding hydrogens is 222 g/mol. The fourth-order valence-corrected chi connectivity index (χ4v) is 3.77. The lowest BCUT2D eigenvalue weighted by molar-refractivity contribution is 0.131. The Morgan fingerprint density at radius 3 is 1.94 bits per heavy atom. The first-order valence-electron chi connectivity index (χ1n) is 6.16. The summed E-state index contributed by atoms with van der Waals surface area (Å²) in [5.74, 6) is 0. The zero-order valence-electron chi connectivity index (χ0n) is 10.6. The molecule has 0 N–H and O–H groups in total. The van der Waals surface area contributed by atoms with Crippen LogP contribution in [0.2, 0.25) is 0 Å². The smallest absolute Gasteiger partial charge is 0.154 e. The van der Waals surface area contributed by atoms with Crippen molar-refractivity contribution in [3.8, 4) is 0 Å². The third-order valence-electron chi connectivity index (χ3n) is 4.32. The topological polar surface area (TPSA) is 37.4 Å². The van der Waals surface area contributed by atoms with Crippen molar-refractivity contribution in [3.05, 3.63) is 0 Å². The highest BCUT2D eigenvalue weighted by molar-refractivity contribution is 7.92. The molecule has 1 heterocycles. The van der Waals surface area contributed by atoms with Gasteiger partial charge in [-0.2, -0.15) is 0 Å². The molecule has 1 saturated carbocycles. The van der Waals surface area contributed by atoms with Crippen LogP contribution in [0.25, 0.3) is 0 Å². The maximum absolute atomic E-state index is 11.7. The summed E-state index contributed by atoms with van der Waals surface area (Å²) in [5.41, 5.74) is 0.443. The molecule has 0 spiro atoms. The van der Waals surface area contributed by atoms with E-state index >= 15 is 0 Å². The van der Waals surface area contributed by atoms with Gasteiger partial charge in [0.1, 0.15) is 0 Å². The van der Waals surface area contributed by atoms with Crippen LogP contribution >= 0.6 is 0 Å². The first-order valence-corrected chi connectivity index (χ1v) is 8.05. The Bertz CT molecular complexity index is 358. The molecule has 1 saturated heterocycles. The molecule has 1 aliphatic heterocycles. The van der Waals surface area contributed by atoms with Crippen LogP contribution in [0.1, 0.15) is 39.5 Å². The van der Waals surface area contributed by atoms with Gasteiger partial charge in [0, 0.05) is 12.8 Å². The lowest BCUT2D eigenvalue weighted by Crippen LogP contribution is -2.44. The van der Waals surface area contributed by atoms with Gasteiger partial charge < -0.3 is 4.90 Å². The van der Waals surface area contributed by atoms with E-state index in [-0.39, 0.29) is 4.75 Å². The molecule has 2 fully saturated rings. The number of likely N-dealkylation sites (tertiary alicyclic amines) is 1. The van der Waals surface area contributed by atoms with Crippen LogP contribution in [0.5, 0.6) is 0 Å². The second-order valence-electron chi connectivity index (χ2n) is 6.40. The quantitative estimate of drug-likeness (QED) is 0.759. The molecule has 0 bridgehead atoms. The van der Waals surface area contributed by atoms with Crippen LogP contribution in [0, 0.1) is 5.41 Å². The molecule has 0 aromatic rings. The van der Waals surface area contributed by atoms with Gasteiger partial charge in [0.2, 0.25) is 0 Å². The van der Waals surface area contributed by atoms with E-state index < -0.39 is 9.84 Å². The normalized spacial score (nSPS) is 28.9. The highest BCUT2D eigenvalue weighted by Crippen LogP contribution is 2.44. The predicted molar refractivity (Wildman–Crippen MR) is 66.3 cm³/mol. The summed E-state index contributed by atoms with van der Waals surface area (Å²) in [4.78, 5) is 2.35. The van der Waals surface area contributed by atoms with Gasteiger partial charge in [-0.1, -0.05) is 13.8 Å². The summed E-state index contributed by atoms with van der Waals surface area (Å²) >= 11 is 0. The summed E-state index contributed by atoms with van der Waals surface area (Å²) in [6, 6.07) is 0. The number of nitrogens with zero attached hydrogens (tertiary/aromatic N) is 1. The van der Waals surface area contributed by atoms with E-state index in [0.29, 0.717) is 5.41 Å². The summed E-state index contributed by atoms with van der Waals surface area (Å²) in [6.07, 6.45) is 5.50. The first-order chi connectivity index (χ1) is 7.24. The highest BCUT2D eigenvalue weighted by atomic mass is 32.2. The molecule has 2 aliphatic rings. The van der Waals surface area contributed by atoms with Crippen molar-refractivity contribution >= 4 is 9.84 Å². The average molecular weight is 245 g/mol. The van der Waals surface area contributed by atoms with E-state index in [9.17, 15) is 8.42 Å². The van der Waals surface area contributed by atoms with E-state index in [1.54, 1.807) is 0 Å². The van der Waals surface area contributed by atoms with Gasteiger partial charge in [0.05, 0.1) is 4.75 Å². The maximum Gasteiger partial charge on any atom is 0.154 e. The molecule has 3 nitrogen and oxygen atoms in total. The Morgan fingerprint density at radius 2 is 1.56 bits per heavy atom. The Morgan fingerprint density at radius 1 is 1.06 bits per heavy atom. The van der Waals surface area contributed by atoms with Gasteiger partial charge in [-0.3, -0.25) is 0 Å². The molecule has 0 aromatic carbocycles. The van der Waals surface area contributed by atoms with Crippen LogP contribution in [0.15, 0.2) is 0 Å². The van der Waals surface area contributed by atoms with Gasteiger partial charge in [0.25, 0.3) is 0 Å². The number of hydrogen-bond acceptors (Lipinski definition) is 3. The number of rotatable bonds is 3. The molecule has 2 rings (SSSR count). The average Bonchev–Trinajstić information content (AvgIpc) is 2.89. The Kier molecular flexibility index (Phi) is 2.86. The second-order valence-corrected chi connectivity index (χ2v) is 8.81. The number of sulfone groups is 1. The SMILES string of the molecule is CC1(C)CCN(CC2(S(C)(=O)=O)CC2)CC1. The lowest BCUT2D eigenvalue weighted by atomic mass is 9.82. The standard InChI is InChI=1S/C12H23NO2S/c1-11(2)6-8-13(9-7-11)10-12(4-5-12)16(3,14)15/h4-10H2,1-3H3. The molecule has 0 aromatic heterocycles. The summed E-state index contributed by atoms with van der Waals surface area (Å²) < 4.78 is 23.0. The summed E-state index contributed by atoms with van der Waals surface area (Å²) in [7, 11) is -2.86. The fraction of sp³-hybridized carbons (Fsp3) is 1.00. The van der Waals surface area contributed by atoms with Gasteiger partial charge >= 0.3 is 0 Å². The van der Waals surface area contributed by atoms with Crippen molar-refractivity contribution in [2.24, 2.45) is 5.41 Å². The maximum atomic E-state index is 11.7. The van der Waals surface area contributed by atoms with Crippen molar-refractivity contribution in [3.63, 3.8) is 0 Å². The highest BCUT2D eigenvalue weighted by Gasteiger charge is 2.53. The van der Waals surface area contributed by atoms with Crippen molar-refractivity contribution in [1.29, 1.82) is 0 Å². The fourth-order valence-electron chi connectivity index (χ4n) is 2.51. The molecule has 0 radical (unpaired) electrons. The summed E-state index contributed by atoms with van der Waals surface area (Å²) in [5, 5.41) is 0. The Hall–Kier alpha value is -0.0900. The minimum atomic E-state index is -2.86. The summed E-state index contributed by atoms with van der Waals surface area (Å²) in [6.45, 7) is 7.48. The van der Waals surface area contributed by atoms with Crippen molar-refractivity contribution in [1.82, 2.24) is 4.90 Å². The zero-order valence-corrected chi connectivity index (χ0v) is 11.4. The van der Waals surface area contributed by atoms with Crippen LogP contribution in [0.4, 0.5) is 0 Å². The Balaban J connectivity index is 1.93. The zero-order chi connectivity index (χ0) is 12.0. The monoisotopic (exact) mass is 245 g/mol. The number of hydrogen-bond donors (Lipinski definition) is 0. The van der Waals surface area contributed by atoms with Gasteiger partial charge in [-0.15, -0.1) is 0 Å². The van der Waals surface area contributed by atoms with Gasteiger partial charge in [-0.25, -0.2) is 8.42 Å². The van der Waals surface area contributed by atoms with Crippen molar-refractivity contribution in [2.45, 2.75) is 44.3 Å². The minimum absolute atomic E-state index is 0.380. The largest absolute Gasteiger partial charge is 0.302 e. The molecule has 0 atom stereocenters. The van der Waals surface area contributed by atoms with Crippen LogP contribution < -0.4 is 0 Å². The van der Waals surface area contributed by atoms with E-state index in [4.69, 9.17) is 0 Å². The molecule has 1 aliphatic carbocycles. The van der Waals surface area contributed by atoms with E-state index in [2.05, 4.69) is 18.7 Å². The Labute approximate surface area is 99.1 Å². The van der Waals surface area contributed by atoms with Gasteiger partial charge in [0.15, 0.2) is 9.84 Å². The minimum Gasteiger partial charge on any atom is -0.302 e. The molecule has 0 unspecified atom stereocenters. The van der Waals surface area contributed by atoms with E-state index in [1.165, 1.54) is 19.1 Å². The third kappa shape index (κ3) is 2.43. The predicted octanol–water partition coefficient (Wildman–Crippen LogP) is 1.69. The molecule has 94 valence electrons. The van der Waals surface area contributed by atoms with Crippen LogP contribution in [-0.2, 0) is 9.84 Å².